The van der Waals surface area contributed by atoms with Crippen molar-refractivity contribution in [3.05, 3.63) is 81.4 Å². The number of aromatic nitrogens is 1. The number of rotatable bonds is 3. The molecule has 2 N–H and O–H groups in total. The lowest BCUT2D eigenvalue weighted by Crippen LogP contribution is -2.40. The fourth-order valence-corrected chi connectivity index (χ4v) is 2.37. The first-order valence-electron chi connectivity index (χ1n) is 7.44. The smallest absolute Gasteiger partial charge is 0.269 e. The second-order valence-corrected chi connectivity index (χ2v) is 5.56. The first-order valence-corrected chi connectivity index (χ1v) is 7.82. The molecule has 0 bridgehead atoms. The van der Waals surface area contributed by atoms with Crippen LogP contribution in [0.15, 0.2) is 64.3 Å². The predicted molar refractivity (Wildman–Crippen MR) is 96.4 cm³/mol. The number of halogens is 1. The van der Waals surface area contributed by atoms with Gasteiger partial charge >= 0.3 is 0 Å². The number of amides is 2. The van der Waals surface area contributed by atoms with Gasteiger partial charge in [-0.25, -0.2) is 0 Å². The zero-order chi connectivity index (χ0) is 18.5. The lowest BCUT2D eigenvalue weighted by Gasteiger charge is -2.04. The van der Waals surface area contributed by atoms with Gasteiger partial charge in [0.05, 0.1) is 16.0 Å². The van der Waals surface area contributed by atoms with Gasteiger partial charge in [0.1, 0.15) is 6.26 Å². The number of hydrogen-bond acceptors (Lipinski definition) is 5. The average molecular weight is 370 g/mol. The second kappa shape index (κ2) is 7.62. The molecule has 26 heavy (non-hydrogen) atoms. The number of pyridine rings is 1. The molecule has 0 saturated heterocycles. The van der Waals surface area contributed by atoms with Crippen molar-refractivity contribution >= 4 is 40.5 Å². The van der Waals surface area contributed by atoms with Crippen molar-refractivity contribution in [3.63, 3.8) is 0 Å². The highest BCUT2D eigenvalue weighted by molar-refractivity contribution is 6.34. The third-order valence-electron chi connectivity index (χ3n) is 3.43. The Morgan fingerprint density at radius 3 is 2.65 bits per heavy atom. The van der Waals surface area contributed by atoms with Gasteiger partial charge in [-0.2, -0.15) is 0 Å². The van der Waals surface area contributed by atoms with E-state index in [1.54, 1.807) is 18.2 Å². The molecule has 0 radical (unpaired) electrons. The number of nitrogens with one attached hydrogen (secondary N) is 2. The number of carbonyl (C=O) groups is 2. The minimum Gasteiger partial charge on any atom is -0.462 e. The third kappa shape index (κ3) is 3.79. The molecule has 0 fully saturated rings. The maximum atomic E-state index is 12.4. The molecule has 8 heteroatoms. The number of carbonyl (C=O) groups excluding carboxylic acids is 2. The highest BCUT2D eigenvalue weighted by atomic mass is 35.5. The van der Waals surface area contributed by atoms with E-state index in [2.05, 4.69) is 15.8 Å². The summed E-state index contributed by atoms with van der Waals surface area (Å²) in [5.74, 6) is -1.10. The van der Waals surface area contributed by atoms with E-state index in [1.807, 2.05) is 0 Å². The van der Waals surface area contributed by atoms with Crippen molar-refractivity contribution in [3.8, 4) is 0 Å². The summed E-state index contributed by atoms with van der Waals surface area (Å²) in [6, 6.07) is 7.84. The summed E-state index contributed by atoms with van der Waals surface area (Å²) < 4.78 is 5.35. The Morgan fingerprint density at radius 2 is 1.88 bits per heavy atom. The molecule has 0 aliphatic carbocycles. The maximum absolute atomic E-state index is 12.4. The molecule has 0 spiro atoms. The summed E-state index contributed by atoms with van der Waals surface area (Å²) in [5, 5.41) is 0.637. The van der Waals surface area contributed by atoms with E-state index in [-0.39, 0.29) is 16.6 Å². The van der Waals surface area contributed by atoms with Gasteiger partial charge in [0.15, 0.2) is 11.0 Å². The summed E-state index contributed by atoms with van der Waals surface area (Å²) in [4.78, 5) is 39.8. The van der Waals surface area contributed by atoms with E-state index in [0.717, 1.165) is 6.08 Å². The molecule has 0 aliphatic rings. The second-order valence-electron chi connectivity index (χ2n) is 5.15. The molecule has 0 unspecified atom stereocenters. The van der Waals surface area contributed by atoms with Crippen molar-refractivity contribution in [1.82, 2.24) is 15.8 Å². The van der Waals surface area contributed by atoms with Crippen LogP contribution in [-0.4, -0.2) is 16.8 Å². The molecule has 2 aromatic heterocycles. The summed E-state index contributed by atoms with van der Waals surface area (Å²) in [7, 11) is 0. The predicted octanol–water partition coefficient (Wildman–Crippen LogP) is 2.32. The number of benzene rings is 1. The fraction of sp³-hybridized carbons (Fsp3) is 0. The van der Waals surface area contributed by atoms with Crippen LogP contribution in [0.25, 0.3) is 17.0 Å². The molecule has 3 aromatic rings. The van der Waals surface area contributed by atoms with Crippen LogP contribution in [0.1, 0.15) is 15.9 Å². The van der Waals surface area contributed by atoms with Crippen LogP contribution < -0.4 is 16.3 Å². The van der Waals surface area contributed by atoms with Gasteiger partial charge < -0.3 is 4.42 Å². The molecular formula is C18H12ClN3O4. The highest BCUT2D eigenvalue weighted by Gasteiger charge is 2.08. The minimum absolute atomic E-state index is 0.176. The van der Waals surface area contributed by atoms with E-state index in [1.165, 1.54) is 36.9 Å². The zero-order valence-corrected chi connectivity index (χ0v) is 14.0. The molecule has 0 aliphatic heterocycles. The van der Waals surface area contributed by atoms with E-state index in [0.29, 0.717) is 16.0 Å². The number of para-hydroxylation sites is 1. The van der Waals surface area contributed by atoms with Crippen LogP contribution in [-0.2, 0) is 4.79 Å². The number of hydrogen-bond donors (Lipinski definition) is 2. The molecular weight excluding hydrogens is 358 g/mol. The van der Waals surface area contributed by atoms with Crippen LogP contribution >= 0.6 is 11.6 Å². The van der Waals surface area contributed by atoms with Crippen molar-refractivity contribution in [2.75, 3.05) is 0 Å². The topological polar surface area (TPSA) is 101 Å². The Morgan fingerprint density at radius 1 is 1.12 bits per heavy atom. The summed E-state index contributed by atoms with van der Waals surface area (Å²) in [6.07, 6.45) is 6.54. The first kappa shape index (κ1) is 17.4. The Balaban J connectivity index is 1.69. The first-order chi connectivity index (χ1) is 12.6. The van der Waals surface area contributed by atoms with Gasteiger partial charge in [-0.3, -0.25) is 30.2 Å². The van der Waals surface area contributed by atoms with Crippen LogP contribution in [0.4, 0.5) is 0 Å². The van der Waals surface area contributed by atoms with Crippen molar-refractivity contribution in [1.29, 1.82) is 0 Å². The van der Waals surface area contributed by atoms with Gasteiger partial charge in [-0.05, 0) is 30.3 Å². The molecule has 2 amide bonds. The number of nitrogens with zero attached hydrogens (tertiary/aromatic N) is 1. The van der Waals surface area contributed by atoms with E-state index in [9.17, 15) is 14.4 Å². The molecule has 2 heterocycles. The normalized spacial score (nSPS) is 10.8. The van der Waals surface area contributed by atoms with Crippen LogP contribution in [0, 0.1) is 0 Å². The monoisotopic (exact) mass is 369 g/mol. The lowest BCUT2D eigenvalue weighted by atomic mass is 10.1. The zero-order valence-electron chi connectivity index (χ0n) is 13.2. The van der Waals surface area contributed by atoms with Crippen molar-refractivity contribution < 1.29 is 14.0 Å². The average Bonchev–Trinajstić information content (AvgIpc) is 2.67. The van der Waals surface area contributed by atoms with Crippen molar-refractivity contribution in [2.45, 2.75) is 0 Å². The standard InChI is InChI=1S/C18H12ClN3O4/c19-14-3-1-2-13-16(24)12(10-26-17(13)14)4-5-15(23)21-22-18(25)11-6-8-20-9-7-11/h1-10H,(H,21,23)(H,22,25)/b5-4+. The molecule has 130 valence electrons. The SMILES string of the molecule is O=C(/C=C/c1coc2c(Cl)cccc2c1=O)NNC(=O)c1ccncc1. The Hall–Kier alpha value is -3.45. The third-order valence-corrected chi connectivity index (χ3v) is 3.73. The summed E-state index contributed by atoms with van der Waals surface area (Å²) in [5.41, 5.74) is 4.95. The maximum Gasteiger partial charge on any atom is 0.269 e. The molecule has 1 aromatic carbocycles. The van der Waals surface area contributed by atoms with Gasteiger partial charge in [-0.15, -0.1) is 0 Å². The van der Waals surface area contributed by atoms with Crippen LogP contribution in [0.5, 0.6) is 0 Å². The van der Waals surface area contributed by atoms with Gasteiger partial charge in [0.25, 0.3) is 11.8 Å². The molecule has 3 rings (SSSR count). The van der Waals surface area contributed by atoms with E-state index in [4.69, 9.17) is 16.0 Å². The summed E-state index contributed by atoms with van der Waals surface area (Å²) >= 11 is 5.97. The Labute approximate surface area is 152 Å². The Kier molecular flexibility index (Phi) is 5.09. The highest BCUT2D eigenvalue weighted by Crippen LogP contribution is 2.21. The van der Waals surface area contributed by atoms with Crippen molar-refractivity contribution in [2.24, 2.45) is 0 Å². The largest absolute Gasteiger partial charge is 0.462 e. The molecule has 7 nitrogen and oxygen atoms in total. The summed E-state index contributed by atoms with van der Waals surface area (Å²) in [6.45, 7) is 0. The molecule has 0 atom stereocenters. The number of fused-ring (bicyclic) bond motifs is 1. The molecule has 0 saturated carbocycles. The minimum atomic E-state index is -0.613. The van der Waals surface area contributed by atoms with Gasteiger partial charge in [-0.1, -0.05) is 17.7 Å². The Bertz CT molecular complexity index is 1060. The lowest BCUT2D eigenvalue weighted by molar-refractivity contribution is -0.117. The fourth-order valence-electron chi connectivity index (χ4n) is 2.15. The quantitative estimate of drug-likeness (QED) is 0.545. The van der Waals surface area contributed by atoms with Gasteiger partial charge in [0, 0.05) is 24.0 Å². The van der Waals surface area contributed by atoms with Gasteiger partial charge in [0.2, 0.25) is 0 Å². The number of hydrazine groups is 1. The van der Waals surface area contributed by atoms with E-state index < -0.39 is 11.8 Å². The van der Waals surface area contributed by atoms with E-state index >= 15 is 0 Å². The van der Waals surface area contributed by atoms with Crippen LogP contribution in [0.3, 0.4) is 0 Å². The van der Waals surface area contributed by atoms with Crippen LogP contribution in [0.2, 0.25) is 5.02 Å².